The van der Waals surface area contributed by atoms with E-state index in [0.29, 0.717) is 19.9 Å². The summed E-state index contributed by atoms with van der Waals surface area (Å²) in [6.07, 6.45) is 3.25. The van der Waals surface area contributed by atoms with Crippen molar-refractivity contribution in [1.29, 1.82) is 0 Å². The number of carbonyl (C=O) groups is 1. The standard InChI is InChI=1S/C16H14Cl3NOS/c17-11-6-4-10(5-7-11)14-13(18)12(15(19)22-14)16(21)20-8-2-1-3-9-20/h4-7H,1-3,8-9H2. The molecule has 0 unspecified atom stereocenters. The second-order valence-corrected chi connectivity index (χ2v) is 7.69. The molecule has 0 bridgehead atoms. The third-order valence-corrected chi connectivity index (χ3v) is 5.96. The molecule has 1 fully saturated rings. The quantitative estimate of drug-likeness (QED) is 0.631. The third-order valence-electron chi connectivity index (χ3n) is 3.77. The first-order valence-corrected chi connectivity index (χ1v) is 9.06. The van der Waals surface area contributed by atoms with Crippen LogP contribution in [0.3, 0.4) is 0 Å². The molecule has 1 aliphatic rings. The summed E-state index contributed by atoms with van der Waals surface area (Å²) in [5, 5.41) is 1.10. The van der Waals surface area contributed by atoms with Gasteiger partial charge in [-0.25, -0.2) is 0 Å². The zero-order valence-corrected chi connectivity index (χ0v) is 14.8. The van der Waals surface area contributed by atoms with Crippen LogP contribution in [0.5, 0.6) is 0 Å². The Morgan fingerprint density at radius 3 is 2.27 bits per heavy atom. The molecule has 2 heterocycles. The molecule has 1 amide bonds. The first-order chi connectivity index (χ1) is 10.6. The maximum Gasteiger partial charge on any atom is 0.257 e. The first-order valence-electron chi connectivity index (χ1n) is 7.11. The zero-order chi connectivity index (χ0) is 15.7. The molecule has 0 radical (unpaired) electrons. The highest BCUT2D eigenvalue weighted by atomic mass is 35.5. The molecule has 0 spiro atoms. The van der Waals surface area contributed by atoms with Crippen LogP contribution in [0.1, 0.15) is 29.6 Å². The van der Waals surface area contributed by atoms with Gasteiger partial charge in [-0.2, -0.15) is 0 Å². The lowest BCUT2D eigenvalue weighted by Gasteiger charge is -2.26. The molecule has 6 heteroatoms. The van der Waals surface area contributed by atoms with E-state index < -0.39 is 0 Å². The molecular formula is C16H14Cl3NOS. The minimum absolute atomic E-state index is 0.0637. The van der Waals surface area contributed by atoms with Gasteiger partial charge >= 0.3 is 0 Å². The fourth-order valence-electron chi connectivity index (χ4n) is 2.61. The number of hydrogen-bond acceptors (Lipinski definition) is 2. The Hall–Kier alpha value is -0.740. The third kappa shape index (κ3) is 3.13. The number of hydrogen-bond donors (Lipinski definition) is 0. The van der Waals surface area contributed by atoms with Crippen molar-refractivity contribution in [2.45, 2.75) is 19.3 Å². The van der Waals surface area contributed by atoms with Crippen molar-refractivity contribution in [3.63, 3.8) is 0 Å². The molecule has 0 aliphatic carbocycles. The van der Waals surface area contributed by atoms with Gasteiger partial charge in [-0.3, -0.25) is 4.79 Å². The van der Waals surface area contributed by atoms with Crippen LogP contribution < -0.4 is 0 Å². The minimum Gasteiger partial charge on any atom is -0.339 e. The van der Waals surface area contributed by atoms with E-state index in [9.17, 15) is 4.79 Å². The van der Waals surface area contributed by atoms with Crippen LogP contribution in [0.4, 0.5) is 0 Å². The van der Waals surface area contributed by atoms with Crippen molar-refractivity contribution in [3.05, 3.63) is 44.2 Å². The molecule has 0 saturated carbocycles. The highest BCUT2D eigenvalue weighted by Gasteiger charge is 2.27. The summed E-state index contributed by atoms with van der Waals surface area (Å²) in [7, 11) is 0. The summed E-state index contributed by atoms with van der Waals surface area (Å²) < 4.78 is 0.450. The minimum atomic E-state index is -0.0637. The highest BCUT2D eigenvalue weighted by Crippen LogP contribution is 2.43. The van der Waals surface area contributed by atoms with Crippen molar-refractivity contribution in [3.8, 4) is 10.4 Å². The molecule has 2 nitrogen and oxygen atoms in total. The van der Waals surface area contributed by atoms with E-state index in [0.717, 1.165) is 36.4 Å². The van der Waals surface area contributed by atoms with Gasteiger partial charge in [-0.15, -0.1) is 11.3 Å². The largest absolute Gasteiger partial charge is 0.339 e. The van der Waals surface area contributed by atoms with E-state index in [1.807, 2.05) is 17.0 Å². The molecule has 1 aliphatic heterocycles. The van der Waals surface area contributed by atoms with Crippen molar-refractivity contribution in [2.75, 3.05) is 13.1 Å². The summed E-state index contributed by atoms with van der Waals surface area (Å²) in [5.74, 6) is -0.0637. The lowest BCUT2D eigenvalue weighted by atomic mass is 10.1. The van der Waals surface area contributed by atoms with E-state index in [1.54, 1.807) is 12.1 Å². The van der Waals surface area contributed by atoms with Crippen LogP contribution >= 0.6 is 46.1 Å². The zero-order valence-electron chi connectivity index (χ0n) is 11.7. The van der Waals surface area contributed by atoms with Crippen LogP contribution in [0.15, 0.2) is 24.3 Å². The average Bonchev–Trinajstić information content (AvgIpc) is 2.83. The fourth-order valence-corrected chi connectivity index (χ4v) is 4.56. The highest BCUT2D eigenvalue weighted by molar-refractivity contribution is 7.20. The second kappa shape index (κ2) is 6.79. The van der Waals surface area contributed by atoms with Crippen LogP contribution in [0.2, 0.25) is 14.4 Å². The Labute approximate surface area is 148 Å². The lowest BCUT2D eigenvalue weighted by Crippen LogP contribution is -2.35. The number of thiophene rings is 1. The van der Waals surface area contributed by atoms with Gasteiger partial charge < -0.3 is 4.90 Å². The van der Waals surface area contributed by atoms with Crippen LogP contribution in [0, 0.1) is 0 Å². The number of likely N-dealkylation sites (tertiary alicyclic amines) is 1. The number of halogens is 3. The molecule has 3 rings (SSSR count). The SMILES string of the molecule is O=C(c1c(Cl)sc(-c2ccc(Cl)cc2)c1Cl)N1CCCCC1. The predicted molar refractivity (Wildman–Crippen MR) is 94.5 cm³/mol. The molecule has 0 atom stereocenters. The van der Waals surface area contributed by atoms with E-state index in [1.165, 1.54) is 17.8 Å². The second-order valence-electron chi connectivity index (χ2n) is 5.25. The van der Waals surface area contributed by atoms with Gasteiger partial charge in [0.2, 0.25) is 0 Å². The van der Waals surface area contributed by atoms with Crippen molar-refractivity contribution < 1.29 is 4.79 Å². The number of nitrogens with zero attached hydrogens (tertiary/aromatic N) is 1. The molecule has 116 valence electrons. The Kier molecular flexibility index (Phi) is 4.98. The monoisotopic (exact) mass is 373 g/mol. The summed E-state index contributed by atoms with van der Waals surface area (Å²) in [6, 6.07) is 7.36. The van der Waals surface area contributed by atoms with Crippen molar-refractivity contribution in [1.82, 2.24) is 4.90 Å². The fraction of sp³-hybridized carbons (Fsp3) is 0.312. The number of amides is 1. The van der Waals surface area contributed by atoms with Gasteiger partial charge in [-0.05, 0) is 37.0 Å². The first kappa shape index (κ1) is 16.1. The smallest absolute Gasteiger partial charge is 0.257 e. The Morgan fingerprint density at radius 2 is 1.64 bits per heavy atom. The normalized spacial score (nSPS) is 15.1. The maximum absolute atomic E-state index is 12.7. The number of carbonyl (C=O) groups excluding carboxylic acids is 1. The van der Waals surface area contributed by atoms with Gasteiger partial charge in [0.15, 0.2) is 0 Å². The number of benzene rings is 1. The summed E-state index contributed by atoms with van der Waals surface area (Å²) in [6.45, 7) is 1.55. The van der Waals surface area contributed by atoms with Crippen molar-refractivity contribution in [2.24, 2.45) is 0 Å². The van der Waals surface area contributed by atoms with Crippen LogP contribution in [-0.2, 0) is 0 Å². The Balaban J connectivity index is 1.96. The molecular weight excluding hydrogens is 361 g/mol. The molecule has 2 aromatic rings. The van der Waals surface area contributed by atoms with E-state index in [4.69, 9.17) is 34.8 Å². The van der Waals surface area contributed by atoms with Gasteiger partial charge in [0.25, 0.3) is 5.91 Å². The number of rotatable bonds is 2. The van der Waals surface area contributed by atoms with Crippen LogP contribution in [-0.4, -0.2) is 23.9 Å². The van der Waals surface area contributed by atoms with E-state index >= 15 is 0 Å². The summed E-state index contributed by atoms with van der Waals surface area (Å²) in [4.78, 5) is 15.3. The molecule has 1 saturated heterocycles. The number of piperidine rings is 1. The Morgan fingerprint density at radius 1 is 1.00 bits per heavy atom. The predicted octanol–water partition coefficient (Wildman–Crippen LogP) is 6.00. The average molecular weight is 375 g/mol. The summed E-state index contributed by atoms with van der Waals surface area (Å²) in [5.41, 5.74) is 1.35. The van der Waals surface area contributed by atoms with Gasteiger partial charge in [0.1, 0.15) is 4.34 Å². The molecule has 0 N–H and O–H groups in total. The maximum atomic E-state index is 12.7. The van der Waals surface area contributed by atoms with Crippen molar-refractivity contribution >= 4 is 52.0 Å². The topological polar surface area (TPSA) is 20.3 Å². The van der Waals surface area contributed by atoms with E-state index in [-0.39, 0.29) is 5.91 Å². The van der Waals surface area contributed by atoms with Gasteiger partial charge in [0.05, 0.1) is 15.5 Å². The van der Waals surface area contributed by atoms with E-state index in [2.05, 4.69) is 0 Å². The molecule has 1 aromatic heterocycles. The van der Waals surface area contributed by atoms with Crippen LogP contribution in [0.25, 0.3) is 10.4 Å². The lowest BCUT2D eigenvalue weighted by molar-refractivity contribution is 0.0725. The van der Waals surface area contributed by atoms with Gasteiger partial charge in [-0.1, -0.05) is 46.9 Å². The van der Waals surface area contributed by atoms with Gasteiger partial charge in [0, 0.05) is 18.1 Å². The summed E-state index contributed by atoms with van der Waals surface area (Å²) >= 11 is 20.0. The molecule has 22 heavy (non-hydrogen) atoms. The Bertz CT molecular complexity index is 690. The molecule has 1 aromatic carbocycles.